The molecule has 0 bridgehead atoms. The van der Waals surface area contributed by atoms with Crippen molar-refractivity contribution in [2.75, 3.05) is 19.3 Å². The minimum absolute atomic E-state index is 0.0110. The van der Waals surface area contributed by atoms with E-state index in [2.05, 4.69) is 14.7 Å². The Bertz CT molecular complexity index is 569. The van der Waals surface area contributed by atoms with Gasteiger partial charge in [0.1, 0.15) is 0 Å². The fourth-order valence-corrected chi connectivity index (χ4v) is 3.46. The molecule has 0 saturated carbocycles. The van der Waals surface area contributed by atoms with Crippen molar-refractivity contribution < 1.29 is 8.42 Å². The van der Waals surface area contributed by atoms with Gasteiger partial charge in [-0.25, -0.2) is 13.1 Å². The first kappa shape index (κ1) is 14.8. The third-order valence-corrected chi connectivity index (χ3v) is 4.54. The van der Waals surface area contributed by atoms with Crippen LogP contribution in [0.25, 0.3) is 0 Å². The van der Waals surface area contributed by atoms with Crippen LogP contribution in [0.3, 0.4) is 0 Å². The lowest BCUT2D eigenvalue weighted by atomic mass is 10.3. The maximum atomic E-state index is 11.2. The predicted octanol–water partition coefficient (Wildman–Crippen LogP) is 0.505. The van der Waals surface area contributed by atoms with Crippen molar-refractivity contribution in [2.45, 2.75) is 25.9 Å². The summed E-state index contributed by atoms with van der Waals surface area (Å²) in [6.07, 6.45) is 2.01. The molecule has 0 spiro atoms. The zero-order valence-corrected chi connectivity index (χ0v) is 12.9. The van der Waals surface area contributed by atoms with E-state index in [1.165, 1.54) is 6.26 Å². The van der Waals surface area contributed by atoms with E-state index in [0.29, 0.717) is 18.1 Å². The second-order valence-electron chi connectivity index (χ2n) is 5.08. The van der Waals surface area contributed by atoms with E-state index in [1.54, 1.807) is 4.68 Å². The Labute approximate surface area is 118 Å². The number of hydrogen-bond acceptors (Lipinski definition) is 4. The van der Waals surface area contributed by atoms with E-state index in [-0.39, 0.29) is 6.04 Å². The number of aryl methyl sites for hydroxylation is 2. The van der Waals surface area contributed by atoms with Crippen LogP contribution in [0.15, 0.2) is 0 Å². The molecule has 6 nitrogen and oxygen atoms in total. The lowest BCUT2D eigenvalue weighted by molar-refractivity contribution is 0.315. The summed E-state index contributed by atoms with van der Waals surface area (Å²) in [7, 11) is -1.26. The number of nitrogens with zero attached hydrogens (tertiary/aromatic N) is 3. The monoisotopic (exact) mass is 306 g/mol. The van der Waals surface area contributed by atoms with Gasteiger partial charge >= 0.3 is 0 Å². The summed E-state index contributed by atoms with van der Waals surface area (Å²) in [6.45, 7) is 4.13. The molecular weight excluding hydrogens is 288 g/mol. The highest BCUT2D eigenvalue weighted by Gasteiger charge is 2.26. The molecule has 1 saturated heterocycles. The number of likely N-dealkylation sites (tertiary alicyclic amines) is 1. The second kappa shape index (κ2) is 5.40. The van der Waals surface area contributed by atoms with E-state index in [9.17, 15) is 8.42 Å². The van der Waals surface area contributed by atoms with E-state index in [0.717, 1.165) is 24.4 Å². The Morgan fingerprint density at radius 2 is 2.21 bits per heavy atom. The molecule has 1 N–H and O–H groups in total. The fourth-order valence-electron chi connectivity index (χ4n) is 2.44. The van der Waals surface area contributed by atoms with E-state index in [1.807, 2.05) is 14.0 Å². The molecule has 2 heterocycles. The Hall–Kier alpha value is -0.630. The van der Waals surface area contributed by atoms with Gasteiger partial charge in [0.05, 0.1) is 22.7 Å². The van der Waals surface area contributed by atoms with Gasteiger partial charge in [0.2, 0.25) is 10.0 Å². The Morgan fingerprint density at radius 3 is 2.74 bits per heavy atom. The molecule has 19 heavy (non-hydrogen) atoms. The lowest BCUT2D eigenvalue weighted by Gasteiger charge is -2.16. The predicted molar refractivity (Wildman–Crippen MR) is 74.6 cm³/mol. The van der Waals surface area contributed by atoms with Gasteiger partial charge in [0.15, 0.2) is 0 Å². The van der Waals surface area contributed by atoms with E-state index >= 15 is 0 Å². The van der Waals surface area contributed by atoms with Crippen LogP contribution in [0, 0.1) is 6.92 Å². The minimum Gasteiger partial charge on any atom is -0.296 e. The molecule has 1 atom stereocenters. The topological polar surface area (TPSA) is 67.2 Å². The molecule has 0 aromatic carbocycles. The smallest absolute Gasteiger partial charge is 0.208 e. The molecule has 108 valence electrons. The van der Waals surface area contributed by atoms with Crippen LogP contribution >= 0.6 is 11.6 Å². The lowest BCUT2D eigenvalue weighted by Crippen LogP contribution is -2.36. The average molecular weight is 307 g/mol. The number of nitrogens with one attached hydrogen (secondary N) is 1. The van der Waals surface area contributed by atoms with Crippen LogP contribution in [0.4, 0.5) is 0 Å². The SMILES string of the molecule is Cc1nn(C)c(CN2CCC(NS(C)(=O)=O)C2)c1Cl. The van der Waals surface area contributed by atoms with Crippen molar-refractivity contribution in [3.63, 3.8) is 0 Å². The van der Waals surface area contributed by atoms with E-state index < -0.39 is 10.0 Å². The normalized spacial score (nSPS) is 21.2. The highest BCUT2D eigenvalue weighted by atomic mass is 35.5. The van der Waals surface area contributed by atoms with Crippen LogP contribution in [0.2, 0.25) is 5.02 Å². The third kappa shape index (κ3) is 3.68. The summed E-state index contributed by atoms with van der Waals surface area (Å²) in [4.78, 5) is 2.19. The van der Waals surface area contributed by atoms with E-state index in [4.69, 9.17) is 11.6 Å². The molecule has 8 heteroatoms. The Morgan fingerprint density at radius 1 is 1.53 bits per heavy atom. The zero-order valence-electron chi connectivity index (χ0n) is 11.4. The summed E-state index contributed by atoms with van der Waals surface area (Å²) in [6, 6.07) is -0.0110. The van der Waals surface area contributed by atoms with Crippen LogP contribution in [-0.4, -0.2) is 48.5 Å². The molecule has 1 unspecified atom stereocenters. The summed E-state index contributed by atoms with van der Waals surface area (Å²) in [5.41, 5.74) is 1.79. The maximum absolute atomic E-state index is 11.2. The number of hydrogen-bond donors (Lipinski definition) is 1. The van der Waals surface area contributed by atoms with Crippen molar-refractivity contribution in [2.24, 2.45) is 7.05 Å². The van der Waals surface area contributed by atoms with Gasteiger partial charge in [0, 0.05) is 32.7 Å². The van der Waals surface area contributed by atoms with Crippen LogP contribution < -0.4 is 4.72 Å². The van der Waals surface area contributed by atoms with Crippen molar-refractivity contribution in [1.82, 2.24) is 19.4 Å². The average Bonchev–Trinajstić information content (AvgIpc) is 2.77. The van der Waals surface area contributed by atoms with Gasteiger partial charge in [-0.3, -0.25) is 9.58 Å². The first-order chi connectivity index (χ1) is 8.76. The second-order valence-corrected chi connectivity index (χ2v) is 7.24. The standard InChI is InChI=1S/C11H19ClN4O2S/c1-8-11(12)10(15(2)13-8)7-16-5-4-9(6-16)14-19(3,17)18/h9,14H,4-7H2,1-3H3. The van der Waals surface area contributed by atoms with Gasteiger partial charge < -0.3 is 0 Å². The van der Waals surface area contributed by atoms with Crippen molar-refractivity contribution in [1.29, 1.82) is 0 Å². The summed E-state index contributed by atoms with van der Waals surface area (Å²) in [5.74, 6) is 0. The number of rotatable bonds is 4. The minimum atomic E-state index is -3.14. The van der Waals surface area contributed by atoms with Gasteiger partial charge in [-0.05, 0) is 13.3 Å². The number of halogens is 1. The van der Waals surface area contributed by atoms with Crippen molar-refractivity contribution in [3.05, 3.63) is 16.4 Å². The van der Waals surface area contributed by atoms with Gasteiger partial charge in [-0.1, -0.05) is 11.6 Å². The summed E-state index contributed by atoms with van der Waals surface area (Å²) in [5, 5.41) is 4.97. The third-order valence-electron chi connectivity index (χ3n) is 3.29. The molecule has 0 radical (unpaired) electrons. The first-order valence-electron chi connectivity index (χ1n) is 6.14. The highest BCUT2D eigenvalue weighted by molar-refractivity contribution is 7.88. The summed E-state index contributed by atoms with van der Waals surface area (Å²) < 4.78 is 26.8. The fraction of sp³-hybridized carbons (Fsp3) is 0.727. The zero-order chi connectivity index (χ0) is 14.2. The Balaban J connectivity index is 1.99. The number of aromatic nitrogens is 2. The van der Waals surface area contributed by atoms with Crippen LogP contribution in [0.5, 0.6) is 0 Å². The van der Waals surface area contributed by atoms with Gasteiger partial charge in [-0.2, -0.15) is 5.10 Å². The van der Waals surface area contributed by atoms with Crippen molar-refractivity contribution >= 4 is 21.6 Å². The molecule has 1 aliphatic heterocycles. The number of sulfonamides is 1. The quantitative estimate of drug-likeness (QED) is 0.880. The molecule has 0 amide bonds. The first-order valence-corrected chi connectivity index (χ1v) is 8.41. The molecular formula is C11H19ClN4O2S. The van der Waals surface area contributed by atoms with Crippen molar-refractivity contribution in [3.8, 4) is 0 Å². The largest absolute Gasteiger partial charge is 0.296 e. The molecule has 1 aromatic rings. The molecule has 1 fully saturated rings. The molecule has 1 aliphatic rings. The Kier molecular flexibility index (Phi) is 4.20. The maximum Gasteiger partial charge on any atom is 0.208 e. The van der Waals surface area contributed by atoms with Crippen LogP contribution in [-0.2, 0) is 23.6 Å². The highest BCUT2D eigenvalue weighted by Crippen LogP contribution is 2.22. The summed E-state index contributed by atoms with van der Waals surface area (Å²) >= 11 is 6.21. The van der Waals surface area contributed by atoms with Gasteiger partial charge in [0.25, 0.3) is 0 Å². The molecule has 2 rings (SSSR count). The van der Waals surface area contributed by atoms with Gasteiger partial charge in [-0.15, -0.1) is 0 Å². The van der Waals surface area contributed by atoms with Crippen LogP contribution in [0.1, 0.15) is 17.8 Å². The molecule has 0 aliphatic carbocycles. The molecule has 1 aromatic heterocycles.